The maximum atomic E-state index is 8.72. The summed E-state index contributed by atoms with van der Waals surface area (Å²) < 4.78 is 0. The molecular weight excluding hydrogens is 226 g/mol. The van der Waals surface area contributed by atoms with Gasteiger partial charge in [-0.3, -0.25) is 4.90 Å². The highest BCUT2D eigenvalue weighted by Gasteiger charge is 2.29. The van der Waals surface area contributed by atoms with Crippen molar-refractivity contribution in [3.8, 4) is 6.07 Å². The number of nitrogens with zero attached hydrogens (tertiary/aromatic N) is 5. The maximum Gasteiger partial charge on any atom is 0.163 e. The zero-order chi connectivity index (χ0) is 12.4. The Balaban J connectivity index is 1.71. The first-order valence-corrected chi connectivity index (χ1v) is 6.59. The van der Waals surface area contributed by atoms with Crippen LogP contribution < -0.4 is 4.90 Å². The van der Waals surface area contributed by atoms with E-state index in [1.54, 1.807) is 6.07 Å². The van der Waals surface area contributed by atoms with Crippen LogP contribution in [-0.4, -0.2) is 47.3 Å². The van der Waals surface area contributed by atoms with Crippen molar-refractivity contribution in [1.82, 2.24) is 15.1 Å². The van der Waals surface area contributed by atoms with E-state index in [-0.39, 0.29) is 0 Å². The Morgan fingerprint density at radius 3 is 2.89 bits per heavy atom. The van der Waals surface area contributed by atoms with Crippen molar-refractivity contribution in [2.24, 2.45) is 0 Å². The van der Waals surface area contributed by atoms with Gasteiger partial charge in [0.05, 0.1) is 0 Å². The van der Waals surface area contributed by atoms with Crippen molar-refractivity contribution in [3.63, 3.8) is 0 Å². The quantitative estimate of drug-likeness (QED) is 0.737. The number of rotatable bonds is 1. The van der Waals surface area contributed by atoms with Gasteiger partial charge in [-0.25, -0.2) is 0 Å². The molecule has 0 aromatic carbocycles. The lowest BCUT2D eigenvalue weighted by Gasteiger charge is -2.44. The Hall–Kier alpha value is -1.67. The van der Waals surface area contributed by atoms with E-state index in [4.69, 9.17) is 5.26 Å². The molecule has 0 aliphatic carbocycles. The van der Waals surface area contributed by atoms with Crippen LogP contribution in [0.15, 0.2) is 12.1 Å². The Morgan fingerprint density at radius 1 is 1.17 bits per heavy atom. The minimum absolute atomic E-state index is 0.384. The summed E-state index contributed by atoms with van der Waals surface area (Å²) in [6.45, 7) is 4.42. The van der Waals surface area contributed by atoms with Crippen molar-refractivity contribution < 1.29 is 0 Å². The molecule has 0 bridgehead atoms. The largest absolute Gasteiger partial charge is 0.352 e. The SMILES string of the molecule is N#Cc1ccc(N2CCN3CCCCC3C2)nn1. The first-order chi connectivity index (χ1) is 8.86. The minimum Gasteiger partial charge on any atom is -0.352 e. The van der Waals surface area contributed by atoms with Gasteiger partial charge in [0.25, 0.3) is 0 Å². The number of anilines is 1. The molecule has 0 amide bonds. The third-order valence-electron chi connectivity index (χ3n) is 3.93. The fraction of sp³-hybridized carbons (Fsp3) is 0.615. The van der Waals surface area contributed by atoms with Crippen LogP contribution in [-0.2, 0) is 0 Å². The second-order valence-corrected chi connectivity index (χ2v) is 5.02. The van der Waals surface area contributed by atoms with Gasteiger partial charge in [-0.15, -0.1) is 10.2 Å². The predicted molar refractivity (Wildman–Crippen MR) is 68.2 cm³/mol. The van der Waals surface area contributed by atoms with Crippen LogP contribution >= 0.6 is 0 Å². The molecular formula is C13H17N5. The summed E-state index contributed by atoms with van der Waals surface area (Å²) >= 11 is 0. The van der Waals surface area contributed by atoms with Gasteiger partial charge >= 0.3 is 0 Å². The monoisotopic (exact) mass is 243 g/mol. The number of fused-ring (bicyclic) bond motifs is 1. The molecule has 0 saturated carbocycles. The topological polar surface area (TPSA) is 56.1 Å². The lowest BCUT2D eigenvalue weighted by atomic mass is 9.99. The molecule has 5 nitrogen and oxygen atoms in total. The van der Waals surface area contributed by atoms with Crippen LogP contribution in [0.25, 0.3) is 0 Å². The first-order valence-electron chi connectivity index (χ1n) is 6.59. The Kier molecular flexibility index (Phi) is 3.11. The van der Waals surface area contributed by atoms with E-state index < -0.39 is 0 Å². The molecule has 1 atom stereocenters. The van der Waals surface area contributed by atoms with E-state index in [0.29, 0.717) is 11.7 Å². The number of piperazine rings is 1. The average molecular weight is 243 g/mol. The van der Waals surface area contributed by atoms with Crippen molar-refractivity contribution in [1.29, 1.82) is 5.26 Å². The smallest absolute Gasteiger partial charge is 0.163 e. The highest BCUT2D eigenvalue weighted by Crippen LogP contribution is 2.23. The van der Waals surface area contributed by atoms with Gasteiger partial charge in [0.2, 0.25) is 0 Å². The zero-order valence-electron chi connectivity index (χ0n) is 10.4. The van der Waals surface area contributed by atoms with E-state index >= 15 is 0 Å². The van der Waals surface area contributed by atoms with Crippen molar-refractivity contribution >= 4 is 5.82 Å². The van der Waals surface area contributed by atoms with Crippen LogP contribution in [0.2, 0.25) is 0 Å². The second-order valence-electron chi connectivity index (χ2n) is 5.02. The molecule has 94 valence electrons. The van der Waals surface area contributed by atoms with Gasteiger partial charge in [-0.1, -0.05) is 6.42 Å². The summed E-state index contributed by atoms with van der Waals surface area (Å²) in [7, 11) is 0. The Morgan fingerprint density at radius 2 is 2.11 bits per heavy atom. The molecule has 3 rings (SSSR count). The van der Waals surface area contributed by atoms with Crippen LogP contribution in [0.4, 0.5) is 5.82 Å². The van der Waals surface area contributed by atoms with Crippen molar-refractivity contribution in [3.05, 3.63) is 17.8 Å². The molecule has 5 heteroatoms. The molecule has 1 aromatic rings. The van der Waals surface area contributed by atoms with Gasteiger partial charge in [-0.2, -0.15) is 5.26 Å². The van der Waals surface area contributed by atoms with Gasteiger partial charge in [0.1, 0.15) is 6.07 Å². The molecule has 2 aliphatic heterocycles. The number of hydrogen-bond donors (Lipinski definition) is 0. The summed E-state index contributed by atoms with van der Waals surface area (Å²) in [6, 6.07) is 6.33. The summed E-state index contributed by atoms with van der Waals surface area (Å²) in [5.74, 6) is 0.902. The Labute approximate surface area is 107 Å². The number of aromatic nitrogens is 2. The van der Waals surface area contributed by atoms with Gasteiger partial charge < -0.3 is 4.90 Å². The highest BCUT2D eigenvalue weighted by molar-refractivity contribution is 5.39. The van der Waals surface area contributed by atoms with Crippen LogP contribution in [0.5, 0.6) is 0 Å². The molecule has 2 saturated heterocycles. The molecule has 18 heavy (non-hydrogen) atoms. The number of piperidine rings is 1. The third-order valence-corrected chi connectivity index (χ3v) is 3.93. The van der Waals surface area contributed by atoms with Crippen LogP contribution in [0, 0.1) is 11.3 Å². The van der Waals surface area contributed by atoms with E-state index in [0.717, 1.165) is 25.5 Å². The molecule has 2 fully saturated rings. The minimum atomic E-state index is 0.384. The maximum absolute atomic E-state index is 8.72. The second kappa shape index (κ2) is 4.91. The fourth-order valence-corrected chi connectivity index (χ4v) is 2.92. The van der Waals surface area contributed by atoms with Crippen LogP contribution in [0.3, 0.4) is 0 Å². The molecule has 0 N–H and O–H groups in total. The molecule has 1 aromatic heterocycles. The highest BCUT2D eigenvalue weighted by atomic mass is 15.3. The summed E-state index contributed by atoms with van der Waals surface area (Å²) in [5.41, 5.74) is 0.384. The van der Waals surface area contributed by atoms with E-state index in [1.807, 2.05) is 12.1 Å². The molecule has 2 aliphatic rings. The number of hydrogen-bond acceptors (Lipinski definition) is 5. The molecule has 3 heterocycles. The average Bonchev–Trinajstić information content (AvgIpc) is 2.47. The first kappa shape index (κ1) is 11.4. The van der Waals surface area contributed by atoms with Gasteiger partial charge in [0.15, 0.2) is 11.5 Å². The molecule has 0 radical (unpaired) electrons. The van der Waals surface area contributed by atoms with Crippen molar-refractivity contribution in [2.45, 2.75) is 25.3 Å². The lowest BCUT2D eigenvalue weighted by molar-refractivity contribution is 0.133. The van der Waals surface area contributed by atoms with Crippen molar-refractivity contribution in [2.75, 3.05) is 31.1 Å². The Bertz CT molecular complexity index is 449. The normalized spacial score (nSPS) is 24.4. The zero-order valence-corrected chi connectivity index (χ0v) is 10.4. The third kappa shape index (κ3) is 2.16. The van der Waals surface area contributed by atoms with E-state index in [9.17, 15) is 0 Å². The lowest BCUT2D eigenvalue weighted by Crippen LogP contribution is -2.55. The summed E-state index contributed by atoms with van der Waals surface area (Å²) in [6.07, 6.45) is 3.97. The fourth-order valence-electron chi connectivity index (χ4n) is 2.92. The molecule has 1 unspecified atom stereocenters. The number of nitriles is 1. The standard InChI is InChI=1S/C13H17N5/c14-9-11-4-5-13(16-15-11)18-8-7-17-6-2-1-3-12(17)10-18/h4-5,12H,1-3,6-8,10H2. The van der Waals surface area contributed by atoms with E-state index in [2.05, 4.69) is 20.0 Å². The predicted octanol–water partition coefficient (Wildman–Crippen LogP) is 1.02. The summed E-state index contributed by atoms with van der Waals surface area (Å²) in [4.78, 5) is 4.89. The van der Waals surface area contributed by atoms with Gasteiger partial charge in [-0.05, 0) is 31.5 Å². The van der Waals surface area contributed by atoms with Gasteiger partial charge in [0, 0.05) is 25.7 Å². The summed E-state index contributed by atoms with van der Waals surface area (Å²) in [5, 5.41) is 16.8. The van der Waals surface area contributed by atoms with E-state index in [1.165, 1.54) is 25.8 Å². The molecule has 0 spiro atoms. The van der Waals surface area contributed by atoms with Crippen LogP contribution in [0.1, 0.15) is 25.0 Å².